The minimum atomic E-state index is -0.0692. The van der Waals surface area contributed by atoms with Crippen molar-refractivity contribution in [2.45, 2.75) is 51.9 Å². The zero-order valence-electron chi connectivity index (χ0n) is 20.2. The molecule has 0 aliphatic heterocycles. The highest BCUT2D eigenvalue weighted by Gasteiger charge is 2.21. The predicted molar refractivity (Wildman–Crippen MR) is 146 cm³/mol. The summed E-state index contributed by atoms with van der Waals surface area (Å²) in [5, 5.41) is 0.763. The van der Waals surface area contributed by atoms with Crippen molar-refractivity contribution in [3.63, 3.8) is 0 Å². The zero-order chi connectivity index (χ0) is 24.6. The molecule has 1 N–H and O–H groups in total. The van der Waals surface area contributed by atoms with Crippen molar-refractivity contribution in [3.05, 3.63) is 73.3 Å². The second-order valence-electron chi connectivity index (χ2n) is 9.92. The number of hydrogen-bond donors (Lipinski definition) is 1. The summed E-state index contributed by atoms with van der Waals surface area (Å²) in [4.78, 5) is 23.0. The van der Waals surface area contributed by atoms with E-state index in [4.69, 9.17) is 14.5 Å². The first kappa shape index (κ1) is 24.1. The Kier molecular flexibility index (Phi) is 6.73. The van der Waals surface area contributed by atoms with Crippen LogP contribution in [-0.2, 0) is 18.3 Å². The number of rotatable bonds is 6. The molecule has 7 heteroatoms. The van der Waals surface area contributed by atoms with Crippen LogP contribution in [0.25, 0.3) is 21.6 Å². The van der Waals surface area contributed by atoms with Gasteiger partial charge in [-0.3, -0.25) is 4.79 Å². The highest BCUT2D eigenvalue weighted by molar-refractivity contribution is 9.10. The fraction of sp³-hybridized carbons (Fsp3) is 0.357. The average Bonchev–Trinajstić information content (AvgIpc) is 3.20. The third-order valence-electron chi connectivity index (χ3n) is 6.35. The van der Waals surface area contributed by atoms with Crippen LogP contribution in [0.3, 0.4) is 0 Å². The van der Waals surface area contributed by atoms with Gasteiger partial charge in [0.2, 0.25) is 0 Å². The molecule has 0 amide bonds. The molecule has 0 atom stereocenters. The van der Waals surface area contributed by atoms with Gasteiger partial charge < -0.3 is 14.5 Å². The first-order valence-electron chi connectivity index (χ1n) is 12.0. The molecule has 5 nitrogen and oxygen atoms in total. The van der Waals surface area contributed by atoms with Crippen molar-refractivity contribution in [2.24, 2.45) is 0 Å². The fourth-order valence-electron chi connectivity index (χ4n) is 4.47. The van der Waals surface area contributed by atoms with Crippen molar-refractivity contribution < 1.29 is 9.47 Å². The summed E-state index contributed by atoms with van der Waals surface area (Å²) in [5.41, 5.74) is 3.26. The highest BCUT2D eigenvalue weighted by Crippen LogP contribution is 2.36. The Balaban J connectivity index is 1.33. The van der Waals surface area contributed by atoms with E-state index >= 15 is 0 Å². The summed E-state index contributed by atoms with van der Waals surface area (Å²) in [7, 11) is 0. The van der Waals surface area contributed by atoms with E-state index in [1.807, 2.05) is 30.3 Å². The number of thiophene rings is 1. The summed E-state index contributed by atoms with van der Waals surface area (Å²) >= 11 is 5.18. The van der Waals surface area contributed by atoms with Gasteiger partial charge in [0.05, 0.1) is 10.9 Å². The summed E-state index contributed by atoms with van der Waals surface area (Å²) in [6, 6.07) is 13.9. The van der Waals surface area contributed by atoms with Crippen LogP contribution in [-0.4, -0.2) is 23.2 Å². The van der Waals surface area contributed by atoms with Crippen molar-refractivity contribution in [1.82, 2.24) is 9.97 Å². The molecule has 0 saturated heterocycles. The average molecular weight is 554 g/mol. The number of aryl methyl sites for hydroxylation is 2. The molecule has 35 heavy (non-hydrogen) atoms. The second kappa shape index (κ2) is 9.78. The van der Waals surface area contributed by atoms with Crippen LogP contribution >= 0.6 is 27.3 Å². The van der Waals surface area contributed by atoms with Gasteiger partial charge in [0.15, 0.2) is 0 Å². The van der Waals surface area contributed by atoms with E-state index in [-0.39, 0.29) is 11.0 Å². The van der Waals surface area contributed by atoms with Crippen molar-refractivity contribution in [3.8, 4) is 22.9 Å². The molecular formula is C28H29BrN2O3S. The van der Waals surface area contributed by atoms with E-state index in [0.717, 1.165) is 45.3 Å². The van der Waals surface area contributed by atoms with Gasteiger partial charge >= 0.3 is 0 Å². The molecule has 0 saturated carbocycles. The minimum absolute atomic E-state index is 0.0692. The lowest BCUT2D eigenvalue weighted by Gasteiger charge is -2.19. The predicted octanol–water partition coefficient (Wildman–Crippen LogP) is 7.05. The third-order valence-corrected chi connectivity index (χ3v) is 8.03. The first-order chi connectivity index (χ1) is 16.8. The monoisotopic (exact) mass is 552 g/mol. The van der Waals surface area contributed by atoms with E-state index in [0.29, 0.717) is 24.8 Å². The number of aromatic nitrogens is 2. The Bertz CT molecular complexity index is 1420. The summed E-state index contributed by atoms with van der Waals surface area (Å²) < 4.78 is 12.9. The third kappa shape index (κ3) is 5.16. The Morgan fingerprint density at radius 3 is 2.54 bits per heavy atom. The second-order valence-corrected chi connectivity index (χ2v) is 11.9. The lowest BCUT2D eigenvalue weighted by atomic mass is 9.87. The molecule has 0 spiro atoms. The van der Waals surface area contributed by atoms with Crippen molar-refractivity contribution >= 4 is 37.5 Å². The largest absolute Gasteiger partial charge is 0.490 e. The molecular weight excluding hydrogens is 524 g/mol. The molecule has 0 unspecified atom stereocenters. The van der Waals surface area contributed by atoms with Crippen LogP contribution in [0, 0.1) is 0 Å². The van der Waals surface area contributed by atoms with E-state index in [1.165, 1.54) is 22.4 Å². The lowest BCUT2D eigenvalue weighted by Crippen LogP contribution is -2.13. The Morgan fingerprint density at radius 1 is 1.03 bits per heavy atom. The molecule has 2 heterocycles. The van der Waals surface area contributed by atoms with Gasteiger partial charge in [0.1, 0.15) is 35.4 Å². The van der Waals surface area contributed by atoms with Crippen molar-refractivity contribution in [1.29, 1.82) is 0 Å². The fourth-order valence-corrected chi connectivity index (χ4v) is 6.07. The summed E-state index contributed by atoms with van der Waals surface area (Å²) in [6.07, 6.45) is 4.31. The number of H-pyrrole nitrogens is 1. The zero-order valence-corrected chi connectivity index (χ0v) is 22.6. The van der Waals surface area contributed by atoms with E-state index < -0.39 is 0 Å². The van der Waals surface area contributed by atoms with Gasteiger partial charge in [0, 0.05) is 9.35 Å². The van der Waals surface area contributed by atoms with Crippen LogP contribution < -0.4 is 15.0 Å². The molecule has 0 fully saturated rings. The molecule has 182 valence electrons. The number of fused-ring (bicyclic) bond motifs is 3. The number of benzene rings is 2. The Hall–Kier alpha value is -2.64. The molecule has 1 aliphatic rings. The molecule has 0 bridgehead atoms. The van der Waals surface area contributed by atoms with E-state index in [2.05, 4.69) is 53.8 Å². The summed E-state index contributed by atoms with van der Waals surface area (Å²) in [5.74, 6) is 1.99. The number of ether oxygens (including phenoxy) is 2. The van der Waals surface area contributed by atoms with Gasteiger partial charge in [-0.25, -0.2) is 4.98 Å². The maximum Gasteiger partial charge on any atom is 0.260 e. The summed E-state index contributed by atoms with van der Waals surface area (Å²) in [6.45, 7) is 7.35. The SMILES string of the molecule is CC(C)(C)c1ccc(OCCOc2cc(Br)ccc2-c2nc3sc4c(c3c(=O)[nH]2)CCCC4)cc1. The van der Waals surface area contributed by atoms with Gasteiger partial charge in [0.25, 0.3) is 5.56 Å². The minimum Gasteiger partial charge on any atom is -0.490 e. The van der Waals surface area contributed by atoms with Crippen LogP contribution in [0.2, 0.25) is 0 Å². The van der Waals surface area contributed by atoms with E-state index in [9.17, 15) is 4.79 Å². The number of nitrogens with one attached hydrogen (secondary N) is 1. The number of nitrogens with zero attached hydrogens (tertiary/aromatic N) is 1. The van der Waals surface area contributed by atoms with Gasteiger partial charge in [-0.05, 0) is 72.6 Å². The molecule has 0 radical (unpaired) electrons. The molecule has 4 aromatic rings. The quantitative estimate of drug-likeness (QED) is 0.260. The molecule has 2 aromatic carbocycles. The van der Waals surface area contributed by atoms with Crippen LogP contribution in [0.5, 0.6) is 11.5 Å². The van der Waals surface area contributed by atoms with Gasteiger partial charge in [-0.15, -0.1) is 11.3 Å². The number of aromatic amines is 1. The maximum absolute atomic E-state index is 13.0. The smallest absolute Gasteiger partial charge is 0.260 e. The number of hydrogen-bond acceptors (Lipinski definition) is 5. The Labute approximate surface area is 217 Å². The van der Waals surface area contributed by atoms with Crippen molar-refractivity contribution in [2.75, 3.05) is 13.2 Å². The Morgan fingerprint density at radius 2 is 1.77 bits per heavy atom. The van der Waals surface area contributed by atoms with E-state index in [1.54, 1.807) is 11.3 Å². The maximum atomic E-state index is 13.0. The standard InChI is InChI=1S/C28H29BrN2O3S/c1-28(2,3)17-8-11-19(12-9-17)33-14-15-34-22-16-18(29)10-13-20(22)25-30-26(32)24-21-6-4-5-7-23(21)35-27(24)31-25/h8-13,16H,4-7,14-15H2,1-3H3,(H,30,31,32). The highest BCUT2D eigenvalue weighted by atomic mass is 79.9. The topological polar surface area (TPSA) is 64.2 Å². The molecule has 1 aliphatic carbocycles. The van der Waals surface area contributed by atoms with Crippen LogP contribution in [0.1, 0.15) is 49.6 Å². The van der Waals surface area contributed by atoms with Gasteiger partial charge in [-0.2, -0.15) is 0 Å². The normalized spacial score (nSPS) is 13.6. The lowest BCUT2D eigenvalue weighted by molar-refractivity contribution is 0.217. The molecule has 2 aromatic heterocycles. The number of halogens is 1. The van der Waals surface area contributed by atoms with Gasteiger partial charge in [-0.1, -0.05) is 48.8 Å². The van der Waals surface area contributed by atoms with Crippen LogP contribution in [0.15, 0.2) is 51.7 Å². The van der Waals surface area contributed by atoms with Crippen LogP contribution in [0.4, 0.5) is 0 Å². The molecule has 5 rings (SSSR count). The first-order valence-corrected chi connectivity index (χ1v) is 13.6.